The van der Waals surface area contributed by atoms with Gasteiger partial charge >= 0.3 is 0 Å². The van der Waals surface area contributed by atoms with Gasteiger partial charge in [0.2, 0.25) is 0 Å². The van der Waals surface area contributed by atoms with Crippen LogP contribution >= 0.6 is 23.1 Å². The third kappa shape index (κ3) is 2.64. The smallest absolute Gasteiger partial charge is 0.137 e. The van der Waals surface area contributed by atoms with Gasteiger partial charge in [0.15, 0.2) is 0 Å². The van der Waals surface area contributed by atoms with E-state index in [0.29, 0.717) is 6.54 Å². The van der Waals surface area contributed by atoms with Crippen LogP contribution in [0.2, 0.25) is 0 Å². The Morgan fingerprint density at radius 2 is 2.19 bits per heavy atom. The van der Waals surface area contributed by atoms with E-state index >= 15 is 0 Å². The van der Waals surface area contributed by atoms with E-state index in [4.69, 9.17) is 0 Å². The second-order valence-electron chi connectivity index (χ2n) is 3.29. The van der Waals surface area contributed by atoms with E-state index in [-0.39, 0.29) is 5.82 Å². The number of halogens is 1. The summed E-state index contributed by atoms with van der Waals surface area (Å²) in [6.07, 6.45) is 0. The minimum Gasteiger partial charge on any atom is -0.316 e. The van der Waals surface area contributed by atoms with Crippen LogP contribution in [0.25, 0.3) is 0 Å². The molecule has 1 N–H and O–H groups in total. The first-order chi connectivity index (χ1) is 7.81. The summed E-state index contributed by atoms with van der Waals surface area (Å²) in [4.78, 5) is 0.722. The summed E-state index contributed by atoms with van der Waals surface area (Å²) in [6, 6.07) is 9.20. The molecule has 0 amide bonds. The predicted octanol–water partition coefficient (Wildman–Crippen LogP) is 3.76. The van der Waals surface area contributed by atoms with Gasteiger partial charge in [-0.05, 0) is 30.1 Å². The molecule has 0 saturated heterocycles. The van der Waals surface area contributed by atoms with E-state index in [9.17, 15) is 4.39 Å². The number of hydrogen-bond donors (Lipinski definition) is 1. The third-order valence-electron chi connectivity index (χ3n) is 2.11. The van der Waals surface area contributed by atoms with Crippen LogP contribution in [0.3, 0.4) is 0 Å². The fourth-order valence-electron chi connectivity index (χ4n) is 1.42. The van der Waals surface area contributed by atoms with Gasteiger partial charge in [0, 0.05) is 6.54 Å². The van der Waals surface area contributed by atoms with Crippen LogP contribution in [0.15, 0.2) is 44.8 Å². The van der Waals surface area contributed by atoms with Crippen molar-refractivity contribution in [1.82, 2.24) is 5.32 Å². The monoisotopic (exact) mass is 253 g/mol. The van der Waals surface area contributed by atoms with E-state index in [1.54, 1.807) is 17.4 Å². The highest BCUT2D eigenvalue weighted by Gasteiger charge is 2.09. The average molecular weight is 253 g/mol. The van der Waals surface area contributed by atoms with Gasteiger partial charge < -0.3 is 5.32 Å². The first-order valence-corrected chi connectivity index (χ1v) is 6.64. The molecule has 0 aliphatic rings. The summed E-state index contributed by atoms with van der Waals surface area (Å²) < 4.78 is 14.8. The van der Waals surface area contributed by atoms with E-state index in [0.717, 1.165) is 14.7 Å². The SMILES string of the molecule is CNCc1cccc(F)c1Sc1cccs1. The van der Waals surface area contributed by atoms with Crippen molar-refractivity contribution in [1.29, 1.82) is 0 Å². The Labute approximate surface area is 103 Å². The molecule has 0 spiro atoms. The highest BCUT2D eigenvalue weighted by Crippen LogP contribution is 2.35. The van der Waals surface area contributed by atoms with Crippen molar-refractivity contribution in [3.05, 3.63) is 47.1 Å². The number of thiophene rings is 1. The normalized spacial score (nSPS) is 10.6. The molecular weight excluding hydrogens is 241 g/mol. The first-order valence-electron chi connectivity index (χ1n) is 4.94. The Hall–Kier alpha value is -0.840. The molecule has 16 heavy (non-hydrogen) atoms. The Balaban J connectivity index is 2.30. The van der Waals surface area contributed by atoms with Crippen molar-refractivity contribution in [3.8, 4) is 0 Å². The van der Waals surface area contributed by atoms with Crippen molar-refractivity contribution in [3.63, 3.8) is 0 Å². The second-order valence-corrected chi connectivity index (χ2v) is 5.55. The van der Waals surface area contributed by atoms with E-state index in [2.05, 4.69) is 5.32 Å². The number of hydrogen-bond acceptors (Lipinski definition) is 3. The Kier molecular flexibility index (Phi) is 3.98. The summed E-state index contributed by atoms with van der Waals surface area (Å²) in [7, 11) is 1.87. The quantitative estimate of drug-likeness (QED) is 0.890. The Morgan fingerprint density at radius 1 is 1.31 bits per heavy atom. The second kappa shape index (κ2) is 5.48. The van der Waals surface area contributed by atoms with Crippen molar-refractivity contribution in [2.45, 2.75) is 15.6 Å². The van der Waals surface area contributed by atoms with Crippen molar-refractivity contribution in [2.24, 2.45) is 0 Å². The van der Waals surface area contributed by atoms with Crippen molar-refractivity contribution < 1.29 is 4.39 Å². The minimum absolute atomic E-state index is 0.147. The van der Waals surface area contributed by atoms with Gasteiger partial charge in [-0.1, -0.05) is 30.0 Å². The van der Waals surface area contributed by atoms with E-state index in [1.807, 2.05) is 30.6 Å². The van der Waals surface area contributed by atoms with Crippen LogP contribution in [-0.2, 0) is 6.54 Å². The lowest BCUT2D eigenvalue weighted by atomic mass is 10.2. The molecule has 4 heteroatoms. The average Bonchev–Trinajstić information content (AvgIpc) is 2.76. The largest absolute Gasteiger partial charge is 0.316 e. The number of nitrogens with one attached hydrogen (secondary N) is 1. The van der Waals surface area contributed by atoms with Crippen LogP contribution in [0, 0.1) is 5.82 Å². The lowest BCUT2D eigenvalue weighted by Crippen LogP contribution is -2.06. The molecule has 0 aliphatic carbocycles. The third-order valence-corrected chi connectivity index (χ3v) is 4.31. The summed E-state index contributed by atoms with van der Waals surface area (Å²) in [6.45, 7) is 0.686. The zero-order valence-corrected chi connectivity index (χ0v) is 10.5. The zero-order valence-electron chi connectivity index (χ0n) is 8.87. The molecule has 0 atom stereocenters. The summed E-state index contributed by atoms with van der Waals surface area (Å²) in [5.74, 6) is -0.147. The lowest BCUT2D eigenvalue weighted by molar-refractivity contribution is 0.594. The van der Waals surface area contributed by atoms with Gasteiger partial charge in [-0.3, -0.25) is 0 Å². The highest BCUT2D eigenvalue weighted by atomic mass is 32.2. The molecule has 2 rings (SSSR count). The Bertz CT molecular complexity index is 454. The van der Waals surface area contributed by atoms with Gasteiger partial charge in [0.25, 0.3) is 0 Å². The molecule has 0 saturated carbocycles. The van der Waals surface area contributed by atoms with Gasteiger partial charge in [0.05, 0.1) is 9.10 Å². The van der Waals surface area contributed by atoms with Gasteiger partial charge in [-0.2, -0.15) is 0 Å². The molecule has 0 unspecified atom stereocenters. The van der Waals surface area contributed by atoms with Crippen LogP contribution in [0.4, 0.5) is 4.39 Å². The van der Waals surface area contributed by atoms with Crippen LogP contribution in [-0.4, -0.2) is 7.05 Å². The molecule has 0 radical (unpaired) electrons. The molecule has 0 bridgehead atoms. The van der Waals surface area contributed by atoms with E-state index < -0.39 is 0 Å². The highest BCUT2D eigenvalue weighted by molar-refractivity contribution is 8.01. The molecule has 0 fully saturated rings. The molecule has 1 aromatic heterocycles. The number of rotatable bonds is 4. The molecule has 84 valence electrons. The minimum atomic E-state index is -0.147. The number of benzene rings is 1. The topological polar surface area (TPSA) is 12.0 Å². The molecule has 1 heterocycles. The van der Waals surface area contributed by atoms with Crippen molar-refractivity contribution in [2.75, 3.05) is 7.05 Å². The zero-order chi connectivity index (χ0) is 11.4. The summed E-state index contributed by atoms with van der Waals surface area (Å²) >= 11 is 3.12. The lowest BCUT2D eigenvalue weighted by Gasteiger charge is -2.08. The van der Waals surface area contributed by atoms with Gasteiger partial charge in [0.1, 0.15) is 5.82 Å². The molecule has 0 aliphatic heterocycles. The Morgan fingerprint density at radius 3 is 2.88 bits per heavy atom. The van der Waals surface area contributed by atoms with E-state index in [1.165, 1.54) is 17.8 Å². The standard InChI is InChI=1S/C12H12FNS2/c1-14-8-9-4-2-5-10(13)12(9)16-11-6-3-7-15-11/h2-7,14H,8H2,1H3. The first kappa shape index (κ1) is 11.6. The van der Waals surface area contributed by atoms with Gasteiger partial charge in [-0.25, -0.2) is 4.39 Å². The fraction of sp³-hybridized carbons (Fsp3) is 0.167. The maximum atomic E-state index is 13.7. The molecular formula is C12H12FNS2. The van der Waals surface area contributed by atoms with Crippen LogP contribution in [0.1, 0.15) is 5.56 Å². The summed E-state index contributed by atoms with van der Waals surface area (Å²) in [5.41, 5.74) is 1.00. The van der Waals surface area contributed by atoms with Crippen molar-refractivity contribution >= 4 is 23.1 Å². The fourth-order valence-corrected chi connectivity index (χ4v) is 3.26. The summed E-state index contributed by atoms with van der Waals surface area (Å²) in [5, 5.41) is 5.06. The predicted molar refractivity (Wildman–Crippen MR) is 67.6 cm³/mol. The molecule has 1 nitrogen and oxygen atoms in total. The van der Waals surface area contributed by atoms with Crippen LogP contribution in [0.5, 0.6) is 0 Å². The maximum Gasteiger partial charge on any atom is 0.137 e. The molecule has 1 aromatic carbocycles. The molecule has 2 aromatic rings. The van der Waals surface area contributed by atoms with Gasteiger partial charge in [-0.15, -0.1) is 11.3 Å². The maximum absolute atomic E-state index is 13.7. The van der Waals surface area contributed by atoms with Crippen LogP contribution < -0.4 is 5.32 Å².